The summed E-state index contributed by atoms with van der Waals surface area (Å²) in [5.74, 6) is 1.27. The topological polar surface area (TPSA) is 58.6 Å². The van der Waals surface area contributed by atoms with Gasteiger partial charge in [-0.15, -0.1) is 0 Å². The summed E-state index contributed by atoms with van der Waals surface area (Å²) in [7, 11) is 1.59. The molecule has 0 saturated carbocycles. The number of amides is 1. The molecular formula is C16H18N4O2. The maximum atomic E-state index is 12.4. The van der Waals surface area contributed by atoms with Crippen molar-refractivity contribution in [2.45, 2.75) is 0 Å². The first-order valence-corrected chi connectivity index (χ1v) is 7.24. The Bertz CT molecular complexity index is 640. The lowest BCUT2D eigenvalue weighted by Crippen LogP contribution is -2.49. The van der Waals surface area contributed by atoms with Crippen molar-refractivity contribution < 1.29 is 9.53 Å². The summed E-state index contributed by atoms with van der Waals surface area (Å²) in [5, 5.41) is 0. The van der Waals surface area contributed by atoms with E-state index in [1.807, 2.05) is 35.2 Å². The lowest BCUT2D eigenvalue weighted by molar-refractivity contribution is 0.0746. The number of carbonyl (C=O) groups is 1. The molecule has 0 atom stereocenters. The first-order chi connectivity index (χ1) is 10.8. The van der Waals surface area contributed by atoms with Crippen LogP contribution >= 0.6 is 0 Å². The van der Waals surface area contributed by atoms with Crippen molar-refractivity contribution in [2.24, 2.45) is 0 Å². The summed E-state index contributed by atoms with van der Waals surface area (Å²) in [5.41, 5.74) is 0.730. The van der Waals surface area contributed by atoms with Crippen LogP contribution in [-0.2, 0) is 0 Å². The number of nitrogens with zero attached hydrogens (tertiary/aromatic N) is 4. The van der Waals surface area contributed by atoms with Crippen LogP contribution in [0, 0.1) is 0 Å². The number of hydrogen-bond donors (Lipinski definition) is 0. The molecule has 114 valence electrons. The van der Waals surface area contributed by atoms with Gasteiger partial charge < -0.3 is 14.5 Å². The van der Waals surface area contributed by atoms with E-state index >= 15 is 0 Å². The Morgan fingerprint density at radius 1 is 1.09 bits per heavy atom. The summed E-state index contributed by atoms with van der Waals surface area (Å²) in [6.45, 7) is 2.75. The Morgan fingerprint density at radius 2 is 1.82 bits per heavy atom. The first-order valence-electron chi connectivity index (χ1n) is 7.24. The molecule has 0 unspecified atom stereocenters. The molecule has 1 fully saturated rings. The Kier molecular flexibility index (Phi) is 4.18. The molecule has 1 aromatic carbocycles. The van der Waals surface area contributed by atoms with E-state index in [4.69, 9.17) is 4.74 Å². The predicted octanol–water partition coefficient (Wildman–Crippen LogP) is 1.45. The number of carbonyl (C=O) groups excluding carboxylic acids is 1. The maximum Gasteiger partial charge on any atom is 0.253 e. The van der Waals surface area contributed by atoms with Crippen LogP contribution in [0.25, 0.3) is 0 Å². The van der Waals surface area contributed by atoms with Gasteiger partial charge in [0, 0.05) is 44.0 Å². The van der Waals surface area contributed by atoms with E-state index in [9.17, 15) is 4.79 Å². The fourth-order valence-corrected chi connectivity index (χ4v) is 2.47. The Labute approximate surface area is 129 Å². The van der Waals surface area contributed by atoms with Gasteiger partial charge in [0.15, 0.2) is 0 Å². The highest BCUT2D eigenvalue weighted by Crippen LogP contribution is 2.15. The molecule has 1 amide bonds. The van der Waals surface area contributed by atoms with Gasteiger partial charge in [0.25, 0.3) is 5.91 Å². The van der Waals surface area contributed by atoms with E-state index in [1.54, 1.807) is 19.4 Å². The van der Waals surface area contributed by atoms with Gasteiger partial charge >= 0.3 is 0 Å². The highest BCUT2D eigenvalue weighted by molar-refractivity contribution is 5.94. The van der Waals surface area contributed by atoms with Crippen molar-refractivity contribution in [2.75, 3.05) is 38.2 Å². The van der Waals surface area contributed by atoms with E-state index in [0.29, 0.717) is 38.0 Å². The number of ether oxygens (including phenoxy) is 1. The van der Waals surface area contributed by atoms with E-state index in [2.05, 4.69) is 14.9 Å². The highest BCUT2D eigenvalue weighted by Gasteiger charge is 2.23. The molecule has 1 saturated heterocycles. The molecule has 2 heterocycles. The molecule has 0 aliphatic carbocycles. The van der Waals surface area contributed by atoms with Crippen LogP contribution in [0.2, 0.25) is 0 Å². The largest absolute Gasteiger partial charge is 0.481 e. The summed E-state index contributed by atoms with van der Waals surface area (Å²) >= 11 is 0. The summed E-state index contributed by atoms with van der Waals surface area (Å²) in [6, 6.07) is 11.1. The zero-order valence-corrected chi connectivity index (χ0v) is 12.5. The zero-order chi connectivity index (χ0) is 15.4. The average Bonchev–Trinajstić information content (AvgIpc) is 2.62. The van der Waals surface area contributed by atoms with Gasteiger partial charge in [0.05, 0.1) is 7.11 Å². The SMILES string of the molecule is COc1ccnc(N2CCN(C(=O)c3ccccc3)CC2)n1. The normalized spacial score (nSPS) is 14.8. The monoisotopic (exact) mass is 298 g/mol. The van der Waals surface area contributed by atoms with Gasteiger partial charge in [-0.05, 0) is 12.1 Å². The Hall–Kier alpha value is -2.63. The van der Waals surface area contributed by atoms with Crippen molar-refractivity contribution in [3.05, 3.63) is 48.2 Å². The van der Waals surface area contributed by atoms with E-state index in [0.717, 1.165) is 5.56 Å². The Morgan fingerprint density at radius 3 is 2.50 bits per heavy atom. The maximum absolute atomic E-state index is 12.4. The quantitative estimate of drug-likeness (QED) is 0.858. The van der Waals surface area contributed by atoms with Crippen molar-refractivity contribution >= 4 is 11.9 Å². The van der Waals surface area contributed by atoms with Crippen LogP contribution in [0.1, 0.15) is 10.4 Å². The molecule has 0 radical (unpaired) electrons. The molecule has 1 aliphatic rings. The van der Waals surface area contributed by atoms with E-state index < -0.39 is 0 Å². The number of methoxy groups -OCH3 is 1. The molecule has 22 heavy (non-hydrogen) atoms. The standard InChI is InChI=1S/C16H18N4O2/c1-22-14-7-8-17-16(18-14)20-11-9-19(10-12-20)15(21)13-5-3-2-4-6-13/h2-8H,9-12H2,1H3. The third-order valence-corrected chi connectivity index (χ3v) is 3.70. The van der Waals surface area contributed by atoms with Crippen LogP contribution in [0.3, 0.4) is 0 Å². The minimum absolute atomic E-state index is 0.0758. The van der Waals surface area contributed by atoms with Gasteiger partial charge in [-0.2, -0.15) is 4.98 Å². The number of benzene rings is 1. The summed E-state index contributed by atoms with van der Waals surface area (Å²) < 4.78 is 5.12. The van der Waals surface area contributed by atoms with Crippen LogP contribution in [0.15, 0.2) is 42.6 Å². The van der Waals surface area contributed by atoms with E-state index in [1.165, 1.54) is 0 Å². The lowest BCUT2D eigenvalue weighted by Gasteiger charge is -2.34. The lowest BCUT2D eigenvalue weighted by atomic mass is 10.2. The molecule has 1 aliphatic heterocycles. The van der Waals surface area contributed by atoms with Gasteiger partial charge in [0.1, 0.15) is 0 Å². The van der Waals surface area contributed by atoms with Crippen molar-refractivity contribution in [3.8, 4) is 5.88 Å². The van der Waals surface area contributed by atoms with Gasteiger partial charge in [-0.1, -0.05) is 18.2 Å². The molecule has 0 spiro atoms. The molecular weight excluding hydrogens is 280 g/mol. The van der Waals surface area contributed by atoms with Gasteiger partial charge in [-0.3, -0.25) is 4.79 Å². The van der Waals surface area contributed by atoms with Crippen LogP contribution in [0.5, 0.6) is 5.88 Å². The van der Waals surface area contributed by atoms with Gasteiger partial charge in [-0.25, -0.2) is 4.98 Å². The van der Waals surface area contributed by atoms with Crippen LogP contribution < -0.4 is 9.64 Å². The second-order valence-corrected chi connectivity index (χ2v) is 5.04. The molecule has 0 bridgehead atoms. The molecule has 2 aromatic rings. The highest BCUT2D eigenvalue weighted by atomic mass is 16.5. The van der Waals surface area contributed by atoms with Gasteiger partial charge in [0.2, 0.25) is 11.8 Å². The minimum Gasteiger partial charge on any atom is -0.481 e. The predicted molar refractivity (Wildman–Crippen MR) is 83.1 cm³/mol. The fraction of sp³-hybridized carbons (Fsp3) is 0.312. The average molecular weight is 298 g/mol. The fourth-order valence-electron chi connectivity index (χ4n) is 2.47. The number of aromatic nitrogens is 2. The number of anilines is 1. The summed E-state index contributed by atoms with van der Waals surface area (Å²) in [6.07, 6.45) is 1.68. The number of rotatable bonds is 3. The zero-order valence-electron chi connectivity index (χ0n) is 12.5. The molecule has 6 heteroatoms. The van der Waals surface area contributed by atoms with Crippen molar-refractivity contribution in [1.82, 2.24) is 14.9 Å². The molecule has 0 N–H and O–H groups in total. The van der Waals surface area contributed by atoms with Crippen LogP contribution in [-0.4, -0.2) is 54.1 Å². The van der Waals surface area contributed by atoms with Crippen LogP contribution in [0.4, 0.5) is 5.95 Å². The molecule has 3 rings (SSSR count). The van der Waals surface area contributed by atoms with Crippen molar-refractivity contribution in [1.29, 1.82) is 0 Å². The smallest absolute Gasteiger partial charge is 0.253 e. The second kappa shape index (κ2) is 6.43. The third-order valence-electron chi connectivity index (χ3n) is 3.70. The van der Waals surface area contributed by atoms with Crippen molar-refractivity contribution in [3.63, 3.8) is 0 Å². The number of hydrogen-bond acceptors (Lipinski definition) is 5. The van der Waals surface area contributed by atoms with E-state index in [-0.39, 0.29) is 5.91 Å². The third kappa shape index (κ3) is 3.00. The molecule has 6 nitrogen and oxygen atoms in total. The number of piperazine rings is 1. The Balaban J connectivity index is 1.64. The summed E-state index contributed by atoms with van der Waals surface area (Å²) in [4.78, 5) is 24.9. The molecule has 1 aromatic heterocycles. The second-order valence-electron chi connectivity index (χ2n) is 5.04. The first kappa shape index (κ1) is 14.3. The minimum atomic E-state index is 0.0758.